The van der Waals surface area contributed by atoms with Gasteiger partial charge in [-0.15, -0.1) is 5.92 Å². The van der Waals surface area contributed by atoms with Crippen LogP contribution in [0.25, 0.3) is 0 Å². The van der Waals surface area contributed by atoms with E-state index in [1.165, 1.54) is 0 Å². The Morgan fingerprint density at radius 1 is 1.44 bits per heavy atom. The van der Waals surface area contributed by atoms with Crippen molar-refractivity contribution in [3.63, 3.8) is 0 Å². The fourth-order valence-corrected chi connectivity index (χ4v) is 0.604. The Balaban J connectivity index is 4.00. The van der Waals surface area contributed by atoms with Gasteiger partial charge in [-0.25, -0.2) is 0 Å². The Labute approximate surface area is 57.7 Å². The molecular formula is C9H11. The highest BCUT2D eigenvalue weighted by molar-refractivity contribution is 5.09. The molecule has 1 radical (unpaired) electrons. The van der Waals surface area contributed by atoms with Gasteiger partial charge in [0.1, 0.15) is 0 Å². The minimum Gasteiger partial charge on any atom is -0.106 e. The quantitative estimate of drug-likeness (QED) is 0.463. The van der Waals surface area contributed by atoms with Gasteiger partial charge < -0.3 is 0 Å². The van der Waals surface area contributed by atoms with Crippen molar-refractivity contribution in [3.05, 3.63) is 6.42 Å². The lowest BCUT2D eigenvalue weighted by molar-refractivity contribution is 0.521. The zero-order chi connectivity index (χ0) is 7.33. The Morgan fingerprint density at radius 3 is 2.33 bits per heavy atom. The van der Waals surface area contributed by atoms with Gasteiger partial charge >= 0.3 is 0 Å². The first-order chi connectivity index (χ1) is 4.12. The molecule has 0 spiro atoms. The van der Waals surface area contributed by atoms with Crippen molar-refractivity contribution in [3.8, 4) is 17.8 Å². The van der Waals surface area contributed by atoms with Crippen LogP contribution in [0.1, 0.15) is 27.2 Å². The Kier molecular flexibility index (Phi) is 2.89. The molecule has 0 saturated heterocycles. The van der Waals surface area contributed by atoms with Crippen molar-refractivity contribution < 1.29 is 0 Å². The third-order valence-electron chi connectivity index (χ3n) is 0.994. The fourth-order valence-electron chi connectivity index (χ4n) is 0.604. The van der Waals surface area contributed by atoms with E-state index in [0.29, 0.717) is 6.42 Å². The summed E-state index contributed by atoms with van der Waals surface area (Å²) in [5.74, 6) is 8.15. The summed E-state index contributed by atoms with van der Waals surface area (Å²) in [7, 11) is 0. The predicted molar refractivity (Wildman–Crippen MR) is 39.0 cm³/mol. The molecule has 0 rings (SSSR count). The van der Waals surface area contributed by atoms with Crippen LogP contribution in [-0.2, 0) is 0 Å². The van der Waals surface area contributed by atoms with Crippen LogP contribution in [0, 0.1) is 29.6 Å². The maximum absolute atomic E-state index is 6.72. The van der Waals surface area contributed by atoms with Gasteiger partial charge in [-0.1, -0.05) is 11.8 Å². The molecule has 0 aliphatic heterocycles. The average Bonchev–Trinajstić information content (AvgIpc) is 1.64. The molecule has 0 aromatic heterocycles. The summed E-state index contributed by atoms with van der Waals surface area (Å²) in [6.45, 7) is 5.82. The van der Waals surface area contributed by atoms with Crippen LogP contribution in [0.4, 0.5) is 0 Å². The minimum absolute atomic E-state index is 0.0590. The van der Waals surface area contributed by atoms with Crippen molar-refractivity contribution in [1.82, 2.24) is 0 Å². The summed E-state index contributed by atoms with van der Waals surface area (Å²) in [6.07, 6.45) is 7.34. The SMILES string of the molecule is [C]#CCC(C)(C)C#CC. The zero-order valence-corrected chi connectivity index (χ0v) is 6.21. The van der Waals surface area contributed by atoms with Crippen molar-refractivity contribution >= 4 is 0 Å². The van der Waals surface area contributed by atoms with Crippen molar-refractivity contribution in [2.24, 2.45) is 5.41 Å². The highest BCUT2D eigenvalue weighted by atomic mass is 14.1. The molecule has 0 heterocycles. The molecule has 9 heavy (non-hydrogen) atoms. The second-order valence-corrected chi connectivity index (χ2v) is 2.61. The fraction of sp³-hybridized carbons (Fsp3) is 0.556. The molecule has 0 N–H and O–H groups in total. The van der Waals surface area contributed by atoms with Gasteiger partial charge in [0.2, 0.25) is 0 Å². The Hall–Kier alpha value is -0.880. The summed E-state index contributed by atoms with van der Waals surface area (Å²) in [4.78, 5) is 0. The second-order valence-electron chi connectivity index (χ2n) is 2.61. The first-order valence-electron chi connectivity index (χ1n) is 2.96. The molecule has 0 aliphatic rings. The molecule has 0 nitrogen and oxygen atoms in total. The standard InChI is InChI=1S/C9H11/c1-5-7-9(3,4)8-6-2/h8H2,1,3-4H3. The van der Waals surface area contributed by atoms with E-state index in [2.05, 4.69) is 17.8 Å². The van der Waals surface area contributed by atoms with Gasteiger partial charge in [0, 0.05) is 11.8 Å². The molecule has 0 aromatic carbocycles. The summed E-state index contributed by atoms with van der Waals surface area (Å²) >= 11 is 0. The summed E-state index contributed by atoms with van der Waals surface area (Å²) < 4.78 is 0. The van der Waals surface area contributed by atoms with Gasteiger partial charge in [-0.2, -0.15) is 0 Å². The first kappa shape index (κ1) is 8.12. The molecule has 0 unspecified atom stereocenters. The summed E-state index contributed by atoms with van der Waals surface area (Å²) in [6, 6.07) is 0. The van der Waals surface area contributed by atoms with Gasteiger partial charge in [0.15, 0.2) is 0 Å². The largest absolute Gasteiger partial charge is 0.106 e. The normalized spacial score (nSPS) is 9.11. The molecule has 0 heteroatoms. The number of rotatable bonds is 1. The number of hydrogen-bond donors (Lipinski definition) is 0. The van der Waals surface area contributed by atoms with Crippen molar-refractivity contribution in [1.29, 1.82) is 0 Å². The third kappa shape index (κ3) is 3.68. The van der Waals surface area contributed by atoms with Crippen LogP contribution in [-0.4, -0.2) is 0 Å². The molecule has 0 aromatic rings. The lowest BCUT2D eigenvalue weighted by Crippen LogP contribution is -2.05. The Bertz CT molecular complexity index is 168. The lowest BCUT2D eigenvalue weighted by atomic mass is 9.91. The van der Waals surface area contributed by atoms with Crippen LogP contribution >= 0.6 is 0 Å². The molecule has 0 atom stereocenters. The van der Waals surface area contributed by atoms with Crippen molar-refractivity contribution in [2.75, 3.05) is 0 Å². The van der Waals surface area contributed by atoms with E-state index in [-0.39, 0.29) is 5.41 Å². The maximum atomic E-state index is 6.72. The molecule has 0 saturated carbocycles. The molecule has 0 fully saturated rings. The summed E-state index contributed by atoms with van der Waals surface area (Å²) in [5.41, 5.74) is -0.0590. The topological polar surface area (TPSA) is 0 Å². The van der Waals surface area contributed by atoms with E-state index < -0.39 is 0 Å². The lowest BCUT2D eigenvalue weighted by Gasteiger charge is -2.11. The first-order valence-corrected chi connectivity index (χ1v) is 2.96. The van der Waals surface area contributed by atoms with E-state index in [1.54, 1.807) is 0 Å². The van der Waals surface area contributed by atoms with Crippen LogP contribution in [0.2, 0.25) is 0 Å². The predicted octanol–water partition coefficient (Wildman–Crippen LogP) is 2.02. The number of hydrogen-bond acceptors (Lipinski definition) is 0. The van der Waals surface area contributed by atoms with Crippen LogP contribution in [0.5, 0.6) is 0 Å². The monoisotopic (exact) mass is 119 g/mol. The van der Waals surface area contributed by atoms with Crippen LogP contribution in [0.15, 0.2) is 0 Å². The van der Waals surface area contributed by atoms with Crippen LogP contribution < -0.4 is 0 Å². The zero-order valence-electron chi connectivity index (χ0n) is 6.21. The van der Waals surface area contributed by atoms with E-state index in [4.69, 9.17) is 6.42 Å². The van der Waals surface area contributed by atoms with E-state index in [9.17, 15) is 0 Å². The highest BCUT2D eigenvalue weighted by Crippen LogP contribution is 2.16. The van der Waals surface area contributed by atoms with Crippen molar-refractivity contribution in [2.45, 2.75) is 27.2 Å². The molecule has 47 valence electrons. The van der Waals surface area contributed by atoms with E-state index >= 15 is 0 Å². The van der Waals surface area contributed by atoms with Crippen LogP contribution in [0.3, 0.4) is 0 Å². The third-order valence-corrected chi connectivity index (χ3v) is 0.994. The van der Waals surface area contributed by atoms with Gasteiger partial charge in [-0.05, 0) is 27.2 Å². The van der Waals surface area contributed by atoms with Gasteiger partial charge in [0.05, 0.1) is 0 Å². The van der Waals surface area contributed by atoms with E-state index in [1.807, 2.05) is 20.8 Å². The Morgan fingerprint density at radius 2 is 2.00 bits per heavy atom. The summed E-state index contributed by atoms with van der Waals surface area (Å²) in [5, 5.41) is 0. The molecule has 0 aliphatic carbocycles. The second kappa shape index (κ2) is 3.21. The minimum atomic E-state index is -0.0590. The highest BCUT2D eigenvalue weighted by Gasteiger charge is 2.10. The molecule has 0 bridgehead atoms. The molecular weight excluding hydrogens is 108 g/mol. The van der Waals surface area contributed by atoms with Gasteiger partial charge in [-0.3, -0.25) is 0 Å². The molecule has 0 amide bonds. The van der Waals surface area contributed by atoms with Gasteiger partial charge in [0.25, 0.3) is 0 Å². The average molecular weight is 119 g/mol. The smallest absolute Gasteiger partial charge is 0.0367 e. The van der Waals surface area contributed by atoms with E-state index in [0.717, 1.165) is 0 Å². The maximum Gasteiger partial charge on any atom is 0.0367 e.